The first-order valence-electron chi connectivity index (χ1n) is 10.8. The summed E-state index contributed by atoms with van der Waals surface area (Å²) in [4.78, 5) is 49.3. The Balaban J connectivity index is 1.44. The van der Waals surface area contributed by atoms with Gasteiger partial charge in [-0.05, 0) is 65.4 Å². The van der Waals surface area contributed by atoms with E-state index in [1.54, 1.807) is 60.7 Å². The normalized spacial score (nSPS) is 14.2. The fraction of sp³-hybridized carbons (Fsp3) is 0.115. The Labute approximate surface area is 224 Å². The van der Waals surface area contributed by atoms with E-state index in [2.05, 4.69) is 15.9 Å². The molecule has 11 heteroatoms. The zero-order valence-corrected chi connectivity index (χ0v) is 21.8. The number of benzene rings is 3. The molecule has 1 heterocycles. The largest absolute Gasteiger partial charge is 0.493 e. The first kappa shape index (κ1) is 26.1. The molecule has 4 rings (SSSR count). The van der Waals surface area contributed by atoms with Gasteiger partial charge in [0.25, 0.3) is 16.8 Å². The molecule has 0 N–H and O–H groups in total. The maximum atomic E-state index is 12.8. The molecule has 37 heavy (non-hydrogen) atoms. The van der Waals surface area contributed by atoms with Crippen LogP contribution in [0, 0.1) is 10.1 Å². The van der Waals surface area contributed by atoms with Crippen molar-refractivity contribution in [1.29, 1.82) is 0 Å². The van der Waals surface area contributed by atoms with Crippen molar-refractivity contribution < 1.29 is 28.8 Å². The highest BCUT2D eigenvalue weighted by Gasteiger charge is 2.36. The Morgan fingerprint density at radius 1 is 1.05 bits per heavy atom. The fourth-order valence-electron chi connectivity index (χ4n) is 3.43. The molecule has 1 saturated heterocycles. The molecule has 3 aromatic carbocycles. The van der Waals surface area contributed by atoms with E-state index in [4.69, 9.17) is 9.47 Å². The van der Waals surface area contributed by atoms with Gasteiger partial charge in [0.2, 0.25) is 0 Å². The molecule has 0 aliphatic carbocycles. The fourth-order valence-corrected chi connectivity index (χ4v) is 4.53. The summed E-state index contributed by atoms with van der Waals surface area (Å²) in [5.74, 6) is -0.0447. The minimum absolute atomic E-state index is 0.00669. The average molecular weight is 583 g/mol. The molecule has 0 aromatic heterocycles. The van der Waals surface area contributed by atoms with Crippen molar-refractivity contribution in [2.75, 3.05) is 13.7 Å². The maximum Gasteiger partial charge on any atom is 0.293 e. The summed E-state index contributed by atoms with van der Waals surface area (Å²) in [7, 11) is 1.47. The van der Waals surface area contributed by atoms with Crippen molar-refractivity contribution in [3.05, 3.63) is 103 Å². The minimum atomic E-state index is -0.544. The molecular formula is C26H19BrN2O7S. The number of ketones is 1. The van der Waals surface area contributed by atoms with E-state index in [1.807, 2.05) is 0 Å². The van der Waals surface area contributed by atoms with Gasteiger partial charge in [-0.1, -0.05) is 34.1 Å². The van der Waals surface area contributed by atoms with Crippen LogP contribution in [-0.2, 0) is 11.4 Å². The SMILES string of the molecule is COc1cc(/C=C2/SC(=O)N(CC(=O)c3ccc(Br)cc3)C2=O)ccc1OCc1ccc([N+](=O)[O-])cc1. The number of non-ortho nitro benzene ring substituents is 1. The van der Waals surface area contributed by atoms with Crippen molar-refractivity contribution in [3.8, 4) is 11.5 Å². The molecule has 0 spiro atoms. The smallest absolute Gasteiger partial charge is 0.293 e. The van der Waals surface area contributed by atoms with E-state index in [1.165, 1.54) is 19.2 Å². The van der Waals surface area contributed by atoms with Gasteiger partial charge < -0.3 is 9.47 Å². The van der Waals surface area contributed by atoms with Gasteiger partial charge in [0, 0.05) is 22.2 Å². The number of hydrogen-bond donors (Lipinski definition) is 0. The molecule has 3 aromatic rings. The first-order chi connectivity index (χ1) is 17.7. The number of amides is 2. The lowest BCUT2D eigenvalue weighted by Gasteiger charge is -2.12. The average Bonchev–Trinajstić information content (AvgIpc) is 3.15. The molecule has 0 bridgehead atoms. The number of nitrogens with zero attached hydrogens (tertiary/aromatic N) is 2. The summed E-state index contributed by atoms with van der Waals surface area (Å²) < 4.78 is 12.0. The van der Waals surface area contributed by atoms with Gasteiger partial charge in [0.1, 0.15) is 6.61 Å². The van der Waals surface area contributed by atoms with Crippen molar-refractivity contribution in [1.82, 2.24) is 4.90 Å². The van der Waals surface area contributed by atoms with E-state index in [0.29, 0.717) is 22.6 Å². The number of nitro groups is 1. The molecule has 1 aliphatic heterocycles. The highest BCUT2D eigenvalue weighted by atomic mass is 79.9. The van der Waals surface area contributed by atoms with Gasteiger partial charge in [0.15, 0.2) is 17.3 Å². The Morgan fingerprint density at radius 2 is 1.76 bits per heavy atom. The second kappa shape index (κ2) is 11.4. The standard InChI is InChI=1S/C26H19BrN2O7S/c1-35-23-12-17(4-11-22(23)36-15-16-2-9-20(10-3-16)29(33)34)13-24-25(31)28(26(32)37-24)14-21(30)18-5-7-19(27)8-6-18/h2-13H,14-15H2,1H3/b24-13+. The van der Waals surface area contributed by atoms with Gasteiger partial charge in [-0.25, -0.2) is 0 Å². The number of nitro benzene ring substituents is 1. The van der Waals surface area contributed by atoms with E-state index in [0.717, 1.165) is 26.7 Å². The first-order valence-corrected chi connectivity index (χ1v) is 12.4. The second-order valence-electron chi connectivity index (χ2n) is 7.82. The van der Waals surface area contributed by atoms with Crippen LogP contribution in [-0.4, -0.2) is 40.4 Å². The van der Waals surface area contributed by atoms with Crippen molar-refractivity contribution in [3.63, 3.8) is 0 Å². The monoisotopic (exact) mass is 582 g/mol. The molecule has 0 saturated carbocycles. The third-order valence-corrected chi connectivity index (χ3v) is 6.80. The lowest BCUT2D eigenvalue weighted by atomic mass is 10.1. The number of imide groups is 1. The lowest BCUT2D eigenvalue weighted by Crippen LogP contribution is -2.33. The van der Waals surface area contributed by atoms with Crippen LogP contribution in [0.1, 0.15) is 21.5 Å². The van der Waals surface area contributed by atoms with Crippen molar-refractivity contribution in [2.45, 2.75) is 6.61 Å². The summed E-state index contributed by atoms with van der Waals surface area (Å²) in [6, 6.07) is 17.7. The predicted molar refractivity (Wildman–Crippen MR) is 142 cm³/mol. The number of Topliss-reactive ketones (excluding diaryl/α,β-unsaturated/α-hetero) is 1. The summed E-state index contributed by atoms with van der Waals surface area (Å²) in [6.07, 6.45) is 1.55. The van der Waals surface area contributed by atoms with Crippen LogP contribution < -0.4 is 9.47 Å². The van der Waals surface area contributed by atoms with E-state index in [-0.39, 0.29) is 29.5 Å². The summed E-state index contributed by atoms with van der Waals surface area (Å²) in [5.41, 5.74) is 1.74. The number of halogens is 1. The van der Waals surface area contributed by atoms with Gasteiger partial charge >= 0.3 is 0 Å². The maximum absolute atomic E-state index is 12.8. The Kier molecular flexibility index (Phi) is 8.04. The van der Waals surface area contributed by atoms with E-state index in [9.17, 15) is 24.5 Å². The topological polar surface area (TPSA) is 116 Å². The molecule has 0 unspecified atom stereocenters. The molecular weight excluding hydrogens is 564 g/mol. The molecule has 0 radical (unpaired) electrons. The molecule has 1 aliphatic rings. The summed E-state index contributed by atoms with van der Waals surface area (Å²) in [5, 5.41) is 10.3. The Hall–Kier alpha value is -3.96. The quantitative estimate of drug-likeness (QED) is 0.133. The van der Waals surface area contributed by atoms with Gasteiger partial charge in [0.05, 0.1) is 23.5 Å². The van der Waals surface area contributed by atoms with E-state index < -0.39 is 16.1 Å². The zero-order valence-electron chi connectivity index (χ0n) is 19.4. The van der Waals surface area contributed by atoms with Gasteiger partial charge in [-0.15, -0.1) is 0 Å². The summed E-state index contributed by atoms with van der Waals surface area (Å²) in [6.45, 7) is -0.179. The number of ether oxygens (including phenoxy) is 2. The number of thioether (sulfide) groups is 1. The van der Waals surface area contributed by atoms with Gasteiger partial charge in [-0.2, -0.15) is 0 Å². The van der Waals surface area contributed by atoms with Gasteiger partial charge in [-0.3, -0.25) is 29.4 Å². The highest BCUT2D eigenvalue weighted by molar-refractivity contribution is 9.10. The van der Waals surface area contributed by atoms with Crippen LogP contribution in [0.3, 0.4) is 0 Å². The van der Waals surface area contributed by atoms with Crippen LogP contribution in [0.5, 0.6) is 11.5 Å². The molecule has 1 fully saturated rings. The Bertz CT molecular complexity index is 1410. The summed E-state index contributed by atoms with van der Waals surface area (Å²) >= 11 is 4.07. The molecule has 0 atom stereocenters. The zero-order chi connectivity index (χ0) is 26.5. The van der Waals surface area contributed by atoms with Crippen molar-refractivity contribution in [2.24, 2.45) is 0 Å². The number of hydrogen-bond acceptors (Lipinski definition) is 8. The molecule has 9 nitrogen and oxygen atoms in total. The van der Waals surface area contributed by atoms with Crippen LogP contribution >= 0.6 is 27.7 Å². The number of rotatable bonds is 9. The number of carbonyl (C=O) groups excluding carboxylic acids is 3. The third-order valence-electron chi connectivity index (χ3n) is 5.37. The van der Waals surface area contributed by atoms with Crippen LogP contribution in [0.4, 0.5) is 10.5 Å². The number of carbonyl (C=O) groups is 3. The minimum Gasteiger partial charge on any atom is -0.493 e. The Morgan fingerprint density at radius 3 is 2.41 bits per heavy atom. The van der Waals surface area contributed by atoms with E-state index >= 15 is 0 Å². The van der Waals surface area contributed by atoms with Crippen molar-refractivity contribution >= 4 is 56.4 Å². The van der Waals surface area contributed by atoms with Crippen LogP contribution in [0.15, 0.2) is 76.1 Å². The second-order valence-corrected chi connectivity index (χ2v) is 9.73. The molecule has 2 amide bonds. The predicted octanol–water partition coefficient (Wildman–Crippen LogP) is 5.86. The molecule has 188 valence electrons. The lowest BCUT2D eigenvalue weighted by molar-refractivity contribution is -0.384. The van der Waals surface area contributed by atoms with Crippen LogP contribution in [0.2, 0.25) is 0 Å². The highest BCUT2D eigenvalue weighted by Crippen LogP contribution is 2.35. The number of methoxy groups -OCH3 is 1. The van der Waals surface area contributed by atoms with Crippen LogP contribution in [0.25, 0.3) is 6.08 Å². The third kappa shape index (κ3) is 6.25.